The quantitative estimate of drug-likeness (QED) is 0.680. The first-order chi connectivity index (χ1) is 14.2. The molecule has 2 fully saturated rings. The van der Waals surface area contributed by atoms with E-state index in [1.807, 2.05) is 4.90 Å². The van der Waals surface area contributed by atoms with Crippen molar-refractivity contribution in [1.82, 2.24) is 14.8 Å². The maximum Gasteiger partial charge on any atom is 0.417 e. The molecule has 4 rings (SSSR count). The Kier molecular flexibility index (Phi) is 5.00. The van der Waals surface area contributed by atoms with Crippen LogP contribution in [0.3, 0.4) is 0 Å². The number of anilines is 1. The predicted octanol–water partition coefficient (Wildman–Crippen LogP) is 3.08. The Balaban J connectivity index is 1.65. The molecule has 1 aliphatic carbocycles. The SMILES string of the molecule is COC(=O)C12CCCC1CN(c1cnn(-c3ccc(C(F)(F)F)cn3)c(=O)c1Cl)C2. The number of halogens is 4. The number of ether oxygens (including phenoxy) is 1. The lowest BCUT2D eigenvalue weighted by Gasteiger charge is -2.26. The van der Waals surface area contributed by atoms with Crippen molar-refractivity contribution in [2.24, 2.45) is 11.3 Å². The molecule has 0 aromatic carbocycles. The fourth-order valence-electron chi connectivity index (χ4n) is 4.50. The molecule has 30 heavy (non-hydrogen) atoms. The molecule has 0 bridgehead atoms. The molecule has 0 N–H and O–H groups in total. The normalized spacial score (nSPS) is 23.5. The van der Waals surface area contributed by atoms with Crippen LogP contribution in [0.5, 0.6) is 0 Å². The smallest absolute Gasteiger partial charge is 0.417 e. The van der Waals surface area contributed by atoms with Gasteiger partial charge in [-0.2, -0.15) is 23.0 Å². The zero-order valence-electron chi connectivity index (χ0n) is 15.9. The van der Waals surface area contributed by atoms with Crippen molar-refractivity contribution in [3.63, 3.8) is 0 Å². The van der Waals surface area contributed by atoms with Crippen molar-refractivity contribution >= 4 is 23.3 Å². The zero-order chi connectivity index (χ0) is 21.7. The Morgan fingerprint density at radius 1 is 1.33 bits per heavy atom. The highest BCUT2D eigenvalue weighted by Crippen LogP contribution is 2.50. The first-order valence-corrected chi connectivity index (χ1v) is 9.70. The van der Waals surface area contributed by atoms with Gasteiger partial charge >= 0.3 is 12.1 Å². The van der Waals surface area contributed by atoms with Gasteiger partial charge in [0.1, 0.15) is 5.02 Å². The number of esters is 1. The predicted molar refractivity (Wildman–Crippen MR) is 102 cm³/mol. The van der Waals surface area contributed by atoms with E-state index in [1.165, 1.54) is 13.3 Å². The molecule has 0 radical (unpaired) electrons. The first kappa shape index (κ1) is 20.6. The second-order valence-electron chi connectivity index (χ2n) is 7.58. The van der Waals surface area contributed by atoms with Crippen LogP contribution in [0.25, 0.3) is 5.82 Å². The van der Waals surface area contributed by atoms with E-state index in [4.69, 9.17) is 16.3 Å². The molecule has 3 heterocycles. The second-order valence-corrected chi connectivity index (χ2v) is 7.96. The lowest BCUT2D eigenvalue weighted by atomic mass is 9.81. The van der Waals surface area contributed by atoms with E-state index in [1.54, 1.807) is 0 Å². The van der Waals surface area contributed by atoms with Gasteiger partial charge in [0, 0.05) is 19.3 Å². The molecule has 2 aromatic heterocycles. The Hall–Kier alpha value is -2.62. The number of methoxy groups -OCH3 is 1. The van der Waals surface area contributed by atoms with Crippen LogP contribution < -0.4 is 10.5 Å². The minimum Gasteiger partial charge on any atom is -0.469 e. The summed E-state index contributed by atoms with van der Waals surface area (Å²) in [6.45, 7) is 0.909. The summed E-state index contributed by atoms with van der Waals surface area (Å²) in [5.74, 6) is -0.246. The molecule has 2 aromatic rings. The average Bonchev–Trinajstić information content (AvgIpc) is 3.27. The van der Waals surface area contributed by atoms with Gasteiger partial charge in [-0.1, -0.05) is 18.0 Å². The molecule has 1 saturated carbocycles. The maximum atomic E-state index is 12.7. The largest absolute Gasteiger partial charge is 0.469 e. The van der Waals surface area contributed by atoms with E-state index in [-0.39, 0.29) is 22.7 Å². The average molecular weight is 443 g/mol. The van der Waals surface area contributed by atoms with Gasteiger partial charge in [-0.25, -0.2) is 4.98 Å². The molecule has 1 saturated heterocycles. The second kappa shape index (κ2) is 7.26. The first-order valence-electron chi connectivity index (χ1n) is 9.32. The van der Waals surface area contributed by atoms with Crippen LogP contribution in [0, 0.1) is 11.3 Å². The highest BCUT2D eigenvalue weighted by molar-refractivity contribution is 6.33. The van der Waals surface area contributed by atoms with Crippen LogP contribution in [0.15, 0.2) is 29.3 Å². The van der Waals surface area contributed by atoms with Crippen LogP contribution in [0.4, 0.5) is 18.9 Å². The van der Waals surface area contributed by atoms with Crippen molar-refractivity contribution in [3.05, 3.63) is 45.5 Å². The van der Waals surface area contributed by atoms with E-state index < -0.39 is 22.7 Å². The lowest BCUT2D eigenvalue weighted by molar-refractivity contribution is -0.152. The zero-order valence-corrected chi connectivity index (χ0v) is 16.7. The summed E-state index contributed by atoms with van der Waals surface area (Å²) in [6, 6.07) is 1.87. The van der Waals surface area contributed by atoms with Crippen molar-refractivity contribution in [2.45, 2.75) is 25.4 Å². The van der Waals surface area contributed by atoms with Gasteiger partial charge in [-0.05, 0) is 30.9 Å². The number of carbonyl (C=O) groups is 1. The highest BCUT2D eigenvalue weighted by Gasteiger charge is 2.55. The Morgan fingerprint density at radius 2 is 2.10 bits per heavy atom. The van der Waals surface area contributed by atoms with Crippen LogP contribution in [-0.2, 0) is 15.7 Å². The summed E-state index contributed by atoms with van der Waals surface area (Å²) in [6.07, 6.45) is -0.0145. The van der Waals surface area contributed by atoms with E-state index in [0.29, 0.717) is 31.4 Å². The van der Waals surface area contributed by atoms with Crippen LogP contribution in [-0.4, -0.2) is 40.9 Å². The molecular weight excluding hydrogens is 425 g/mol. The van der Waals surface area contributed by atoms with Gasteiger partial charge in [0.25, 0.3) is 5.56 Å². The number of aromatic nitrogens is 3. The molecule has 2 aliphatic rings. The minimum atomic E-state index is -4.53. The van der Waals surface area contributed by atoms with E-state index in [9.17, 15) is 22.8 Å². The fraction of sp³-hybridized carbons (Fsp3) is 0.474. The summed E-state index contributed by atoms with van der Waals surface area (Å²) in [7, 11) is 1.36. The van der Waals surface area contributed by atoms with E-state index in [2.05, 4.69) is 10.1 Å². The van der Waals surface area contributed by atoms with Gasteiger partial charge in [-0.15, -0.1) is 0 Å². The molecule has 2 atom stereocenters. The molecule has 1 aliphatic heterocycles. The van der Waals surface area contributed by atoms with E-state index in [0.717, 1.165) is 29.7 Å². The molecule has 7 nitrogen and oxygen atoms in total. The van der Waals surface area contributed by atoms with Gasteiger partial charge in [0.05, 0.1) is 30.0 Å². The Labute approximate surface area is 174 Å². The van der Waals surface area contributed by atoms with Crippen LogP contribution >= 0.6 is 11.6 Å². The topological polar surface area (TPSA) is 77.3 Å². The van der Waals surface area contributed by atoms with Crippen molar-refractivity contribution in [3.8, 4) is 5.82 Å². The van der Waals surface area contributed by atoms with Gasteiger partial charge in [0.15, 0.2) is 5.82 Å². The van der Waals surface area contributed by atoms with Gasteiger partial charge in [0.2, 0.25) is 0 Å². The number of nitrogens with zero attached hydrogens (tertiary/aromatic N) is 4. The van der Waals surface area contributed by atoms with Crippen LogP contribution in [0.2, 0.25) is 5.02 Å². The number of hydrogen-bond acceptors (Lipinski definition) is 6. The third-order valence-corrected chi connectivity index (χ3v) is 6.35. The molecule has 11 heteroatoms. The molecular formula is C19H18ClF3N4O3. The molecule has 160 valence electrons. The fourth-order valence-corrected chi connectivity index (χ4v) is 4.74. The Bertz CT molecular complexity index is 1040. The van der Waals surface area contributed by atoms with Crippen molar-refractivity contribution in [1.29, 1.82) is 0 Å². The number of carbonyl (C=O) groups excluding carboxylic acids is 1. The molecule has 2 unspecified atom stereocenters. The van der Waals surface area contributed by atoms with Crippen molar-refractivity contribution in [2.75, 3.05) is 25.1 Å². The van der Waals surface area contributed by atoms with Gasteiger partial charge < -0.3 is 9.64 Å². The third-order valence-electron chi connectivity index (χ3n) is 6.00. The van der Waals surface area contributed by atoms with Crippen LogP contribution in [0.1, 0.15) is 24.8 Å². The third kappa shape index (κ3) is 3.23. The molecule has 0 amide bonds. The number of rotatable bonds is 3. The lowest BCUT2D eigenvalue weighted by Crippen LogP contribution is -2.37. The van der Waals surface area contributed by atoms with Crippen molar-refractivity contribution < 1.29 is 22.7 Å². The monoisotopic (exact) mass is 442 g/mol. The summed E-state index contributed by atoms with van der Waals surface area (Å²) >= 11 is 6.31. The maximum absolute atomic E-state index is 12.7. The standard InChI is InChI=1S/C19H18ClF3N4O3/c1-30-17(29)18-6-2-3-12(18)9-26(10-18)13-8-25-27(16(28)15(13)20)14-5-4-11(7-24-14)19(21,22)23/h4-5,7-8,12H,2-3,6,9-10H2,1H3. The van der Waals surface area contributed by atoms with Gasteiger partial charge in [-0.3, -0.25) is 9.59 Å². The summed E-state index contributed by atoms with van der Waals surface area (Å²) in [5, 5.41) is 3.91. The van der Waals surface area contributed by atoms with E-state index >= 15 is 0 Å². The number of pyridine rings is 1. The molecule has 0 spiro atoms. The number of hydrogen-bond donors (Lipinski definition) is 0. The number of alkyl halides is 3. The summed E-state index contributed by atoms with van der Waals surface area (Å²) in [4.78, 5) is 30.7. The Morgan fingerprint density at radius 3 is 2.73 bits per heavy atom. The minimum absolute atomic E-state index is 0.0780. The summed E-state index contributed by atoms with van der Waals surface area (Å²) < 4.78 is 44.0. The number of fused-ring (bicyclic) bond motifs is 1. The summed E-state index contributed by atoms with van der Waals surface area (Å²) in [5.41, 5.74) is -1.88. The highest BCUT2D eigenvalue weighted by atomic mass is 35.5.